The predicted octanol–water partition coefficient (Wildman–Crippen LogP) is 2.59. The molecule has 0 bridgehead atoms. The predicted molar refractivity (Wildman–Crippen MR) is 118 cm³/mol. The standard InChI is InChI=1S/C24H28N2O6/c1-13(27)25-7-5-15-9-19(31-3)23(29)21(17(15)11-25)22-18-12-26(14(2)28)8-6-16(18)10-20(32-4)24(22)30/h9-10,29-30H,5-8,11-12H2,1-4H3. The molecule has 0 saturated carbocycles. The molecule has 0 atom stereocenters. The smallest absolute Gasteiger partial charge is 0.219 e. The number of aromatic hydroxyl groups is 2. The zero-order chi connectivity index (χ0) is 23.2. The van der Waals surface area contributed by atoms with Gasteiger partial charge in [0.05, 0.1) is 14.2 Å². The lowest BCUT2D eigenvalue weighted by Gasteiger charge is -2.34. The van der Waals surface area contributed by atoms with E-state index in [1.54, 1.807) is 21.9 Å². The lowest BCUT2D eigenvalue weighted by molar-refractivity contribution is -0.130. The largest absolute Gasteiger partial charge is 0.504 e. The van der Waals surface area contributed by atoms with E-state index >= 15 is 0 Å². The molecule has 8 heteroatoms. The summed E-state index contributed by atoms with van der Waals surface area (Å²) in [5.74, 6) is 0.258. The van der Waals surface area contributed by atoms with Gasteiger partial charge in [-0.05, 0) is 47.2 Å². The van der Waals surface area contributed by atoms with Crippen LogP contribution in [0.1, 0.15) is 36.1 Å². The van der Waals surface area contributed by atoms with E-state index < -0.39 is 0 Å². The van der Waals surface area contributed by atoms with Crippen LogP contribution in [-0.4, -0.2) is 59.1 Å². The first-order valence-electron chi connectivity index (χ1n) is 10.6. The van der Waals surface area contributed by atoms with Crippen LogP contribution >= 0.6 is 0 Å². The van der Waals surface area contributed by atoms with Crippen molar-refractivity contribution in [2.75, 3.05) is 27.3 Å². The van der Waals surface area contributed by atoms with Crippen molar-refractivity contribution >= 4 is 11.8 Å². The lowest BCUT2D eigenvalue weighted by Crippen LogP contribution is -2.35. The molecule has 0 radical (unpaired) electrons. The van der Waals surface area contributed by atoms with Gasteiger partial charge in [0.2, 0.25) is 11.8 Å². The topological polar surface area (TPSA) is 99.5 Å². The number of phenols is 2. The Kier molecular flexibility index (Phi) is 5.62. The van der Waals surface area contributed by atoms with Gasteiger partial charge in [-0.25, -0.2) is 0 Å². The molecular formula is C24H28N2O6. The van der Waals surface area contributed by atoms with Crippen LogP contribution in [0.25, 0.3) is 11.1 Å². The number of hydrogen-bond acceptors (Lipinski definition) is 6. The van der Waals surface area contributed by atoms with Gasteiger partial charge in [-0.3, -0.25) is 9.59 Å². The first-order chi connectivity index (χ1) is 15.3. The van der Waals surface area contributed by atoms with Crippen LogP contribution in [0.4, 0.5) is 0 Å². The van der Waals surface area contributed by atoms with Crippen LogP contribution < -0.4 is 9.47 Å². The Balaban J connectivity index is 2.03. The molecule has 2 aromatic carbocycles. The summed E-state index contributed by atoms with van der Waals surface area (Å²) in [6, 6.07) is 3.58. The monoisotopic (exact) mass is 440 g/mol. The molecule has 32 heavy (non-hydrogen) atoms. The Labute approximate surface area is 187 Å². The number of methoxy groups -OCH3 is 2. The van der Waals surface area contributed by atoms with Crippen LogP contribution in [0.15, 0.2) is 12.1 Å². The van der Waals surface area contributed by atoms with Crippen molar-refractivity contribution in [1.82, 2.24) is 9.80 Å². The number of amides is 2. The summed E-state index contributed by atoms with van der Waals surface area (Å²) in [6.45, 7) is 4.78. The fraction of sp³-hybridized carbons (Fsp3) is 0.417. The number of ether oxygens (including phenoxy) is 2. The highest BCUT2D eigenvalue weighted by atomic mass is 16.5. The Morgan fingerprint density at radius 1 is 0.781 bits per heavy atom. The van der Waals surface area contributed by atoms with Crippen molar-refractivity contribution in [2.45, 2.75) is 39.8 Å². The van der Waals surface area contributed by atoms with Gasteiger partial charge in [-0.15, -0.1) is 0 Å². The Morgan fingerprint density at radius 3 is 1.47 bits per heavy atom. The van der Waals surface area contributed by atoms with Gasteiger partial charge < -0.3 is 29.5 Å². The van der Waals surface area contributed by atoms with Gasteiger partial charge in [0.1, 0.15) is 0 Å². The number of carbonyl (C=O) groups is 2. The molecule has 170 valence electrons. The molecule has 2 aliphatic rings. The zero-order valence-corrected chi connectivity index (χ0v) is 18.8. The average Bonchev–Trinajstić information content (AvgIpc) is 2.78. The minimum Gasteiger partial charge on any atom is -0.504 e. The highest BCUT2D eigenvalue weighted by molar-refractivity contribution is 5.88. The third-order valence-corrected chi connectivity index (χ3v) is 6.51. The number of phenolic OH excluding ortho intramolecular Hbond substituents is 2. The van der Waals surface area contributed by atoms with Crippen molar-refractivity contribution in [1.29, 1.82) is 0 Å². The quantitative estimate of drug-likeness (QED) is 0.761. The fourth-order valence-electron chi connectivity index (χ4n) is 4.73. The van der Waals surface area contributed by atoms with Crippen LogP contribution in [0.3, 0.4) is 0 Å². The lowest BCUT2D eigenvalue weighted by atomic mass is 9.84. The number of rotatable bonds is 3. The second-order valence-electron chi connectivity index (χ2n) is 8.26. The van der Waals surface area contributed by atoms with Crippen molar-refractivity contribution in [2.24, 2.45) is 0 Å². The fourth-order valence-corrected chi connectivity index (χ4v) is 4.73. The summed E-state index contributed by atoms with van der Waals surface area (Å²) >= 11 is 0. The van der Waals surface area contributed by atoms with Crippen LogP contribution in [0.5, 0.6) is 23.0 Å². The number of benzene rings is 2. The SMILES string of the molecule is COc1cc2c(c(-c3c(O)c(OC)cc4c3CN(C(C)=O)CC4)c1O)CN(C(C)=O)CC2. The molecule has 0 fully saturated rings. The summed E-state index contributed by atoms with van der Waals surface area (Å²) in [6.07, 6.45) is 1.20. The van der Waals surface area contributed by atoms with E-state index in [2.05, 4.69) is 0 Å². The third-order valence-electron chi connectivity index (χ3n) is 6.51. The molecule has 0 unspecified atom stereocenters. The molecule has 2 heterocycles. The molecular weight excluding hydrogens is 412 g/mol. The normalized spacial score (nSPS) is 15.1. The second kappa shape index (κ2) is 8.26. The van der Waals surface area contributed by atoms with E-state index in [4.69, 9.17) is 9.47 Å². The van der Waals surface area contributed by atoms with Crippen molar-refractivity contribution in [3.63, 3.8) is 0 Å². The number of nitrogens with zero attached hydrogens (tertiary/aromatic N) is 2. The van der Waals surface area contributed by atoms with Gasteiger partial charge in [-0.1, -0.05) is 0 Å². The van der Waals surface area contributed by atoms with Crippen LogP contribution in [-0.2, 0) is 35.5 Å². The summed E-state index contributed by atoms with van der Waals surface area (Å²) in [4.78, 5) is 27.6. The molecule has 2 aliphatic heterocycles. The van der Waals surface area contributed by atoms with Gasteiger partial charge >= 0.3 is 0 Å². The number of fused-ring (bicyclic) bond motifs is 2. The maximum Gasteiger partial charge on any atom is 0.219 e. The van der Waals surface area contributed by atoms with Gasteiger partial charge in [0.25, 0.3) is 0 Å². The molecule has 2 aromatic rings. The maximum absolute atomic E-state index is 12.1. The van der Waals surface area contributed by atoms with Gasteiger partial charge in [0.15, 0.2) is 23.0 Å². The average molecular weight is 440 g/mol. The molecule has 0 aliphatic carbocycles. The van der Waals surface area contributed by atoms with E-state index in [0.29, 0.717) is 61.6 Å². The van der Waals surface area contributed by atoms with Crippen molar-refractivity contribution in [3.05, 3.63) is 34.4 Å². The molecule has 2 N–H and O–H groups in total. The zero-order valence-electron chi connectivity index (χ0n) is 18.8. The van der Waals surface area contributed by atoms with E-state index in [1.165, 1.54) is 28.1 Å². The first kappa shape index (κ1) is 21.8. The van der Waals surface area contributed by atoms with Crippen molar-refractivity contribution < 1.29 is 29.3 Å². The minimum absolute atomic E-state index is 0.0587. The molecule has 4 rings (SSSR count). The first-order valence-corrected chi connectivity index (χ1v) is 10.6. The van der Waals surface area contributed by atoms with E-state index in [9.17, 15) is 19.8 Å². The molecule has 0 saturated heterocycles. The number of carbonyl (C=O) groups excluding carboxylic acids is 2. The van der Waals surface area contributed by atoms with E-state index in [1.807, 2.05) is 0 Å². The molecule has 2 amide bonds. The number of hydrogen-bond donors (Lipinski definition) is 2. The highest BCUT2D eigenvalue weighted by Gasteiger charge is 2.32. The Bertz CT molecular complexity index is 1020. The van der Waals surface area contributed by atoms with Crippen LogP contribution in [0, 0.1) is 0 Å². The van der Waals surface area contributed by atoms with Gasteiger partial charge in [-0.2, -0.15) is 0 Å². The van der Waals surface area contributed by atoms with E-state index in [0.717, 1.165) is 22.3 Å². The Morgan fingerprint density at radius 2 is 1.16 bits per heavy atom. The second-order valence-corrected chi connectivity index (χ2v) is 8.26. The Hall–Kier alpha value is -3.42. The third kappa shape index (κ3) is 3.49. The summed E-state index contributed by atoms with van der Waals surface area (Å²) in [7, 11) is 2.96. The molecule has 8 nitrogen and oxygen atoms in total. The minimum atomic E-state index is -0.109. The van der Waals surface area contributed by atoms with Gasteiger partial charge in [0, 0.05) is 51.2 Å². The van der Waals surface area contributed by atoms with E-state index in [-0.39, 0.29) is 23.3 Å². The van der Waals surface area contributed by atoms with Crippen LogP contribution in [0.2, 0.25) is 0 Å². The maximum atomic E-state index is 12.1. The summed E-state index contributed by atoms with van der Waals surface area (Å²) in [5, 5.41) is 22.5. The molecule has 0 spiro atoms. The summed E-state index contributed by atoms with van der Waals surface area (Å²) < 4.78 is 10.9. The summed E-state index contributed by atoms with van der Waals surface area (Å²) in [5.41, 5.74) is 4.25. The molecule has 0 aromatic heterocycles. The van der Waals surface area contributed by atoms with Crippen molar-refractivity contribution in [3.8, 4) is 34.1 Å². The highest BCUT2D eigenvalue weighted by Crippen LogP contribution is 2.51.